The second-order valence-corrected chi connectivity index (χ2v) is 10.3. The third-order valence-electron chi connectivity index (χ3n) is 7.42. The average molecular weight is 562 g/mol. The molecular weight excluding hydrogens is 534 g/mol. The van der Waals surface area contributed by atoms with Gasteiger partial charge in [-0.05, 0) is 29.8 Å². The molecule has 40 heavy (non-hydrogen) atoms. The number of amides is 1. The summed E-state index contributed by atoms with van der Waals surface area (Å²) in [6.45, 7) is 3.26. The molecule has 2 saturated heterocycles. The predicted octanol–water partition coefficient (Wildman–Crippen LogP) is 4.49. The number of piperidine rings is 1. The molecule has 2 aliphatic heterocycles. The molecular formula is C29H28ClN5O5. The number of benzene rings is 2. The fourth-order valence-electron chi connectivity index (χ4n) is 5.33. The van der Waals surface area contributed by atoms with E-state index in [1.165, 1.54) is 7.11 Å². The first-order chi connectivity index (χ1) is 19.4. The number of halogens is 1. The number of carbonyl (C=O) groups excluding carboxylic acids is 1. The number of fused-ring (bicyclic) bond motifs is 2. The van der Waals surface area contributed by atoms with E-state index in [2.05, 4.69) is 9.97 Å². The highest BCUT2D eigenvalue weighted by Crippen LogP contribution is 2.36. The monoisotopic (exact) mass is 561 g/mol. The molecule has 0 radical (unpaired) electrons. The largest absolute Gasteiger partial charge is 0.490 e. The molecule has 2 aliphatic rings. The van der Waals surface area contributed by atoms with Gasteiger partial charge in [-0.2, -0.15) is 0 Å². The van der Waals surface area contributed by atoms with Gasteiger partial charge in [0.2, 0.25) is 0 Å². The van der Waals surface area contributed by atoms with Gasteiger partial charge in [-0.25, -0.2) is 19.7 Å². The molecule has 11 heteroatoms. The number of ether oxygens (including phenoxy) is 3. The first kappa shape index (κ1) is 26.1. The molecule has 1 amide bonds. The zero-order chi connectivity index (χ0) is 27.8. The van der Waals surface area contributed by atoms with Crippen molar-refractivity contribution in [1.29, 1.82) is 0 Å². The molecule has 2 atom stereocenters. The van der Waals surface area contributed by atoms with Gasteiger partial charge in [0.1, 0.15) is 24.3 Å². The van der Waals surface area contributed by atoms with Gasteiger partial charge in [0.15, 0.2) is 0 Å². The first-order valence-corrected chi connectivity index (χ1v) is 13.6. The molecule has 10 nitrogen and oxygen atoms in total. The summed E-state index contributed by atoms with van der Waals surface area (Å²) in [6.07, 6.45) is 4.75. The number of hydrogen-bond donors (Lipinski definition) is 0. The van der Waals surface area contributed by atoms with Crippen LogP contribution >= 0.6 is 11.6 Å². The van der Waals surface area contributed by atoms with Crippen molar-refractivity contribution in [2.24, 2.45) is 0 Å². The van der Waals surface area contributed by atoms with Crippen LogP contribution in [-0.2, 0) is 17.7 Å². The Morgan fingerprint density at radius 2 is 1.90 bits per heavy atom. The van der Waals surface area contributed by atoms with Crippen LogP contribution in [0.5, 0.6) is 11.8 Å². The van der Waals surface area contributed by atoms with Crippen LogP contribution in [0.2, 0.25) is 5.02 Å². The number of hydrogen-bond acceptors (Lipinski definition) is 8. The number of nitrogens with zero attached hydrogens (tertiary/aromatic N) is 5. The summed E-state index contributed by atoms with van der Waals surface area (Å²) in [6, 6.07) is 11.3. The number of rotatable bonds is 7. The second kappa shape index (κ2) is 10.8. The Morgan fingerprint density at radius 1 is 1.12 bits per heavy atom. The van der Waals surface area contributed by atoms with E-state index in [0.29, 0.717) is 72.0 Å². The molecule has 0 unspecified atom stereocenters. The van der Waals surface area contributed by atoms with Gasteiger partial charge in [-0.3, -0.25) is 9.36 Å². The summed E-state index contributed by atoms with van der Waals surface area (Å²) in [4.78, 5) is 41.0. The van der Waals surface area contributed by atoms with E-state index in [0.717, 1.165) is 11.1 Å². The summed E-state index contributed by atoms with van der Waals surface area (Å²) in [5.74, 6) is 1.21. The van der Waals surface area contributed by atoms with Crippen molar-refractivity contribution in [3.8, 4) is 22.9 Å². The minimum Gasteiger partial charge on any atom is -0.490 e. The van der Waals surface area contributed by atoms with Gasteiger partial charge in [-0.15, -0.1) is 0 Å². The number of aromatic nitrogens is 4. The number of methoxy groups -OCH3 is 1. The standard InChI is InChI=1S/C29H28ClN5O5/c1-3-26-33-24-11-22(18-13-31-28(38-2)32-14-18)25(40-21-8-9-34-20(10-21)16-39-29(34)37)12-23(24)27(36)35(26)15-17-4-6-19(30)7-5-17/h4-7,11-14,20-21H,3,8-10,15-16H2,1-2H3/t20-,21-/m0/s1. The van der Waals surface area contributed by atoms with Crippen molar-refractivity contribution < 1.29 is 19.0 Å². The van der Waals surface area contributed by atoms with Crippen molar-refractivity contribution in [2.45, 2.75) is 44.9 Å². The SMILES string of the molecule is CCc1nc2cc(-c3cnc(OC)nc3)c(O[C@H]3CCN4C(=O)OC[C@@H]4C3)cc2c(=O)n1Cc1ccc(Cl)cc1. The molecule has 0 bridgehead atoms. The summed E-state index contributed by atoms with van der Waals surface area (Å²) >= 11 is 6.06. The lowest BCUT2D eigenvalue weighted by atomic mass is 10.00. The Bertz CT molecular complexity index is 1620. The van der Waals surface area contributed by atoms with E-state index in [4.69, 9.17) is 30.8 Å². The fraction of sp³-hybridized carbons (Fsp3) is 0.345. The molecule has 206 valence electrons. The Morgan fingerprint density at radius 3 is 2.62 bits per heavy atom. The van der Waals surface area contributed by atoms with Crippen LogP contribution in [-0.4, -0.2) is 62.9 Å². The first-order valence-electron chi connectivity index (χ1n) is 13.2. The van der Waals surface area contributed by atoms with E-state index in [9.17, 15) is 9.59 Å². The highest BCUT2D eigenvalue weighted by Gasteiger charge is 2.39. The Balaban J connectivity index is 1.43. The van der Waals surface area contributed by atoms with Crippen molar-refractivity contribution in [3.05, 3.63) is 75.6 Å². The molecule has 2 fully saturated rings. The molecule has 4 aromatic rings. The number of carbonyl (C=O) groups is 1. The maximum Gasteiger partial charge on any atom is 0.410 e. The maximum atomic E-state index is 13.9. The van der Waals surface area contributed by atoms with Crippen molar-refractivity contribution in [2.75, 3.05) is 20.3 Å². The van der Waals surface area contributed by atoms with Crippen LogP contribution in [0.15, 0.2) is 53.6 Å². The third-order valence-corrected chi connectivity index (χ3v) is 7.67. The van der Waals surface area contributed by atoms with Gasteiger partial charge in [0.25, 0.3) is 5.56 Å². The fourth-order valence-corrected chi connectivity index (χ4v) is 5.46. The van der Waals surface area contributed by atoms with Crippen LogP contribution in [0.25, 0.3) is 22.0 Å². The molecule has 0 saturated carbocycles. The van der Waals surface area contributed by atoms with Gasteiger partial charge < -0.3 is 19.1 Å². The zero-order valence-corrected chi connectivity index (χ0v) is 22.9. The molecule has 0 aliphatic carbocycles. The van der Waals surface area contributed by atoms with Gasteiger partial charge in [0.05, 0.1) is 30.6 Å². The van der Waals surface area contributed by atoms with Crippen molar-refractivity contribution in [3.63, 3.8) is 0 Å². The number of cyclic esters (lactones) is 1. The van der Waals surface area contributed by atoms with E-state index in [-0.39, 0.29) is 29.8 Å². The van der Waals surface area contributed by atoms with Crippen LogP contribution in [0.3, 0.4) is 0 Å². The smallest absolute Gasteiger partial charge is 0.410 e. The quantitative estimate of drug-likeness (QED) is 0.325. The summed E-state index contributed by atoms with van der Waals surface area (Å²) < 4.78 is 18.6. The lowest BCUT2D eigenvalue weighted by molar-refractivity contribution is 0.0941. The van der Waals surface area contributed by atoms with E-state index < -0.39 is 0 Å². The zero-order valence-electron chi connectivity index (χ0n) is 22.2. The van der Waals surface area contributed by atoms with Gasteiger partial charge in [-0.1, -0.05) is 30.7 Å². The number of aryl methyl sites for hydroxylation is 1. The lowest BCUT2D eigenvalue weighted by Gasteiger charge is -2.33. The average Bonchev–Trinajstić information content (AvgIpc) is 3.35. The second-order valence-electron chi connectivity index (χ2n) is 9.91. The van der Waals surface area contributed by atoms with E-state index in [1.54, 1.807) is 27.9 Å². The minimum absolute atomic E-state index is 0.0233. The minimum atomic E-state index is -0.274. The highest BCUT2D eigenvalue weighted by atomic mass is 35.5. The molecule has 6 rings (SSSR count). The highest BCUT2D eigenvalue weighted by molar-refractivity contribution is 6.30. The van der Waals surface area contributed by atoms with Crippen LogP contribution in [0, 0.1) is 0 Å². The Labute approximate surface area is 235 Å². The normalized spacial score (nSPS) is 18.5. The Hall–Kier alpha value is -4.18. The summed E-state index contributed by atoms with van der Waals surface area (Å²) in [5, 5.41) is 1.09. The van der Waals surface area contributed by atoms with Crippen molar-refractivity contribution in [1.82, 2.24) is 24.4 Å². The topological polar surface area (TPSA) is 109 Å². The summed E-state index contributed by atoms with van der Waals surface area (Å²) in [5.41, 5.74) is 2.80. The van der Waals surface area contributed by atoms with E-state index in [1.807, 2.05) is 37.3 Å². The van der Waals surface area contributed by atoms with Gasteiger partial charge in [0, 0.05) is 54.4 Å². The van der Waals surface area contributed by atoms with Crippen LogP contribution < -0.4 is 15.0 Å². The Kier molecular flexibility index (Phi) is 7.02. The van der Waals surface area contributed by atoms with Crippen molar-refractivity contribution >= 4 is 28.6 Å². The lowest BCUT2D eigenvalue weighted by Crippen LogP contribution is -2.44. The molecule has 0 N–H and O–H groups in total. The molecule has 0 spiro atoms. The molecule has 2 aromatic carbocycles. The summed E-state index contributed by atoms with van der Waals surface area (Å²) in [7, 11) is 1.51. The predicted molar refractivity (Wildman–Crippen MR) is 149 cm³/mol. The van der Waals surface area contributed by atoms with E-state index >= 15 is 0 Å². The van der Waals surface area contributed by atoms with Crippen LogP contribution in [0.4, 0.5) is 4.79 Å². The molecule has 2 aromatic heterocycles. The van der Waals surface area contributed by atoms with Gasteiger partial charge >= 0.3 is 12.1 Å². The molecule has 4 heterocycles. The maximum absolute atomic E-state index is 13.9. The van der Waals surface area contributed by atoms with Crippen LogP contribution in [0.1, 0.15) is 31.2 Å². The third kappa shape index (κ3) is 4.95.